The van der Waals surface area contributed by atoms with Crippen molar-refractivity contribution >= 4 is 29.1 Å². The van der Waals surface area contributed by atoms with Gasteiger partial charge in [0, 0.05) is 12.7 Å². The molecule has 2 heterocycles. The van der Waals surface area contributed by atoms with E-state index in [0.717, 1.165) is 0 Å². The van der Waals surface area contributed by atoms with E-state index in [1.165, 1.54) is 6.20 Å². The molecule has 1 fully saturated rings. The van der Waals surface area contributed by atoms with Crippen LogP contribution >= 0.6 is 23.2 Å². The number of hydrogen-bond acceptors (Lipinski definition) is 3. The molecule has 4 nitrogen and oxygen atoms in total. The number of aromatic nitrogens is 1. The van der Waals surface area contributed by atoms with E-state index in [9.17, 15) is 4.79 Å². The largest absolute Gasteiger partial charge is 0.377 e. The number of pyridine rings is 1. The molecule has 0 unspecified atom stereocenters. The van der Waals surface area contributed by atoms with Crippen molar-refractivity contribution in [1.29, 1.82) is 0 Å². The maximum Gasteiger partial charge on any atom is 0.256 e. The zero-order valence-electron chi connectivity index (χ0n) is 10.2. The van der Waals surface area contributed by atoms with Gasteiger partial charge in [0.15, 0.2) is 0 Å². The van der Waals surface area contributed by atoms with Crippen molar-refractivity contribution in [3.05, 3.63) is 28.0 Å². The average molecular weight is 289 g/mol. The van der Waals surface area contributed by atoms with Crippen LogP contribution < -0.4 is 0 Å². The molecule has 1 saturated heterocycles. The van der Waals surface area contributed by atoms with Gasteiger partial charge in [0.1, 0.15) is 5.15 Å². The second-order valence-corrected chi connectivity index (χ2v) is 5.58. The molecular weight excluding hydrogens is 275 g/mol. The highest BCUT2D eigenvalue weighted by atomic mass is 35.5. The van der Waals surface area contributed by atoms with Crippen LogP contribution in [0.25, 0.3) is 0 Å². The van der Waals surface area contributed by atoms with E-state index in [-0.39, 0.29) is 21.6 Å². The van der Waals surface area contributed by atoms with E-state index in [0.29, 0.717) is 25.3 Å². The van der Waals surface area contributed by atoms with Crippen molar-refractivity contribution in [2.45, 2.75) is 19.4 Å². The van der Waals surface area contributed by atoms with Crippen molar-refractivity contribution < 1.29 is 9.53 Å². The number of rotatable bonds is 1. The molecule has 0 N–H and O–H groups in total. The first-order valence-corrected chi connectivity index (χ1v) is 6.38. The fourth-order valence-electron chi connectivity index (χ4n) is 1.93. The maximum absolute atomic E-state index is 12.4. The molecular formula is C12H14Cl2N2O2. The third-order valence-electron chi connectivity index (χ3n) is 2.93. The molecule has 0 radical (unpaired) electrons. The van der Waals surface area contributed by atoms with Gasteiger partial charge in [-0.25, -0.2) is 4.98 Å². The fraction of sp³-hybridized carbons (Fsp3) is 0.500. The van der Waals surface area contributed by atoms with E-state index in [4.69, 9.17) is 27.9 Å². The minimum atomic E-state index is -0.332. The first-order chi connectivity index (χ1) is 8.42. The molecule has 0 bridgehead atoms. The van der Waals surface area contributed by atoms with Gasteiger partial charge in [-0.2, -0.15) is 0 Å². The highest BCUT2D eigenvalue weighted by Gasteiger charge is 2.34. The summed E-state index contributed by atoms with van der Waals surface area (Å²) in [4.78, 5) is 18.1. The molecule has 0 atom stereocenters. The minimum absolute atomic E-state index is 0.102. The molecule has 1 aromatic heterocycles. The van der Waals surface area contributed by atoms with Crippen molar-refractivity contribution in [1.82, 2.24) is 9.88 Å². The van der Waals surface area contributed by atoms with E-state index < -0.39 is 0 Å². The fourth-order valence-corrected chi connectivity index (χ4v) is 2.20. The second-order valence-electron chi connectivity index (χ2n) is 4.82. The third kappa shape index (κ3) is 2.60. The smallest absolute Gasteiger partial charge is 0.256 e. The average Bonchev–Trinajstić information content (AvgIpc) is 2.31. The van der Waals surface area contributed by atoms with Crippen LogP contribution in [0.1, 0.15) is 24.2 Å². The SMILES string of the molecule is CC1(C)COCCN1C(=O)c1cnc(Cl)c(Cl)c1. The Bertz CT molecular complexity index is 477. The lowest BCUT2D eigenvalue weighted by atomic mass is 10.0. The molecule has 0 aliphatic carbocycles. The molecule has 1 aliphatic heterocycles. The van der Waals surface area contributed by atoms with E-state index >= 15 is 0 Å². The van der Waals surface area contributed by atoms with Crippen LogP contribution in [0.4, 0.5) is 0 Å². The molecule has 1 aromatic rings. The lowest BCUT2D eigenvalue weighted by Crippen LogP contribution is -2.55. The number of carbonyl (C=O) groups excluding carboxylic acids is 1. The monoisotopic (exact) mass is 288 g/mol. The molecule has 98 valence electrons. The van der Waals surface area contributed by atoms with Gasteiger partial charge < -0.3 is 9.64 Å². The number of morpholine rings is 1. The number of amides is 1. The molecule has 1 aliphatic rings. The van der Waals surface area contributed by atoms with Crippen LogP contribution in [0.2, 0.25) is 10.2 Å². The molecule has 0 aromatic carbocycles. The predicted octanol–water partition coefficient (Wildman–Crippen LogP) is 2.64. The van der Waals surface area contributed by atoms with Gasteiger partial charge in [0.25, 0.3) is 5.91 Å². The van der Waals surface area contributed by atoms with Gasteiger partial charge >= 0.3 is 0 Å². The second kappa shape index (κ2) is 5.03. The Kier molecular flexibility index (Phi) is 3.80. The van der Waals surface area contributed by atoms with E-state index in [1.54, 1.807) is 11.0 Å². The number of nitrogens with zero attached hydrogens (tertiary/aromatic N) is 2. The summed E-state index contributed by atoms with van der Waals surface area (Å²) in [5.74, 6) is -0.102. The van der Waals surface area contributed by atoms with Crippen molar-refractivity contribution in [2.75, 3.05) is 19.8 Å². The number of ether oxygens (including phenoxy) is 1. The summed E-state index contributed by atoms with van der Waals surface area (Å²) in [6, 6.07) is 1.55. The Balaban J connectivity index is 2.27. The number of carbonyl (C=O) groups is 1. The van der Waals surface area contributed by atoms with Crippen LogP contribution in [0.3, 0.4) is 0 Å². The Morgan fingerprint density at radius 1 is 1.50 bits per heavy atom. The van der Waals surface area contributed by atoms with Gasteiger partial charge in [-0.15, -0.1) is 0 Å². The number of hydrogen-bond donors (Lipinski definition) is 0. The predicted molar refractivity (Wildman–Crippen MR) is 70.2 cm³/mol. The van der Waals surface area contributed by atoms with Crippen molar-refractivity contribution in [3.63, 3.8) is 0 Å². The highest BCUT2D eigenvalue weighted by Crippen LogP contribution is 2.24. The first kappa shape index (κ1) is 13.6. The Morgan fingerprint density at radius 3 is 2.83 bits per heavy atom. The van der Waals surface area contributed by atoms with Gasteiger partial charge in [0.2, 0.25) is 0 Å². The molecule has 1 amide bonds. The summed E-state index contributed by atoms with van der Waals surface area (Å²) in [7, 11) is 0. The summed E-state index contributed by atoms with van der Waals surface area (Å²) in [6.07, 6.45) is 1.45. The molecule has 18 heavy (non-hydrogen) atoms. The Hall–Kier alpha value is -0.840. The van der Waals surface area contributed by atoms with Crippen LogP contribution in [0, 0.1) is 0 Å². The molecule has 2 rings (SSSR count). The third-order valence-corrected chi connectivity index (χ3v) is 3.62. The van der Waals surface area contributed by atoms with Gasteiger partial charge in [-0.1, -0.05) is 23.2 Å². The van der Waals surface area contributed by atoms with Gasteiger partial charge in [0.05, 0.1) is 29.3 Å². The normalized spacial score (nSPS) is 18.8. The minimum Gasteiger partial charge on any atom is -0.377 e. The zero-order chi connectivity index (χ0) is 13.3. The zero-order valence-corrected chi connectivity index (χ0v) is 11.8. The summed E-state index contributed by atoms with van der Waals surface area (Å²) >= 11 is 11.6. The lowest BCUT2D eigenvalue weighted by Gasteiger charge is -2.42. The quantitative estimate of drug-likeness (QED) is 0.746. The molecule has 0 spiro atoms. The van der Waals surface area contributed by atoms with Crippen molar-refractivity contribution in [3.8, 4) is 0 Å². The highest BCUT2D eigenvalue weighted by molar-refractivity contribution is 6.41. The summed E-state index contributed by atoms with van der Waals surface area (Å²) in [6.45, 7) is 5.56. The first-order valence-electron chi connectivity index (χ1n) is 5.62. The topological polar surface area (TPSA) is 42.4 Å². The maximum atomic E-state index is 12.4. The van der Waals surface area contributed by atoms with Crippen LogP contribution in [-0.2, 0) is 4.74 Å². The Labute approximate surface area is 116 Å². The molecule has 6 heteroatoms. The van der Waals surface area contributed by atoms with Gasteiger partial charge in [-0.3, -0.25) is 4.79 Å². The summed E-state index contributed by atoms with van der Waals surface area (Å²) in [5.41, 5.74) is 0.112. The standard InChI is InChI=1S/C12H14Cl2N2O2/c1-12(2)7-18-4-3-16(12)11(17)8-5-9(13)10(14)15-6-8/h5-6H,3-4,7H2,1-2H3. The molecule has 0 saturated carbocycles. The summed E-state index contributed by atoms with van der Waals surface area (Å²) in [5, 5.41) is 0.489. The van der Waals surface area contributed by atoms with Crippen LogP contribution in [0.15, 0.2) is 12.3 Å². The van der Waals surface area contributed by atoms with Gasteiger partial charge in [-0.05, 0) is 19.9 Å². The van der Waals surface area contributed by atoms with Crippen LogP contribution in [-0.4, -0.2) is 41.1 Å². The van der Waals surface area contributed by atoms with E-state index in [2.05, 4.69) is 4.98 Å². The van der Waals surface area contributed by atoms with Crippen molar-refractivity contribution in [2.24, 2.45) is 0 Å². The lowest BCUT2D eigenvalue weighted by molar-refractivity contribution is -0.0370. The number of halogens is 2. The van der Waals surface area contributed by atoms with E-state index in [1.807, 2.05) is 13.8 Å². The van der Waals surface area contributed by atoms with Crippen LogP contribution in [0.5, 0.6) is 0 Å². The summed E-state index contributed by atoms with van der Waals surface area (Å²) < 4.78 is 5.39. The Morgan fingerprint density at radius 2 is 2.22 bits per heavy atom.